The van der Waals surface area contributed by atoms with Gasteiger partial charge in [-0.3, -0.25) is 10.1 Å². The number of anilines is 1. The van der Waals surface area contributed by atoms with Crippen molar-refractivity contribution in [3.8, 4) is 5.75 Å². The number of carbonyl (C=O) groups excluding carboxylic acids is 2. The van der Waals surface area contributed by atoms with Crippen molar-refractivity contribution < 1.29 is 29.3 Å². The van der Waals surface area contributed by atoms with Crippen LogP contribution >= 0.6 is 0 Å². The van der Waals surface area contributed by atoms with Crippen LogP contribution in [0, 0.1) is 5.41 Å². The molecule has 1 amide bonds. The fourth-order valence-corrected chi connectivity index (χ4v) is 3.07. The van der Waals surface area contributed by atoms with E-state index in [1.165, 1.54) is 6.92 Å². The average molecular weight is 415 g/mol. The molecule has 162 valence electrons. The highest BCUT2D eigenvalue weighted by molar-refractivity contribution is 5.95. The molecule has 0 saturated carbocycles. The summed E-state index contributed by atoms with van der Waals surface area (Å²) >= 11 is 0. The third kappa shape index (κ3) is 6.57. The predicted octanol–water partition coefficient (Wildman–Crippen LogP) is 3.96. The maximum absolute atomic E-state index is 12.6. The number of aliphatic hydroxyl groups is 2. The van der Waals surface area contributed by atoms with Crippen LogP contribution < -0.4 is 10.1 Å². The van der Waals surface area contributed by atoms with E-state index in [2.05, 4.69) is 5.32 Å². The van der Waals surface area contributed by atoms with Crippen LogP contribution in [0.3, 0.4) is 0 Å². The minimum absolute atomic E-state index is 0.0539. The zero-order valence-electron chi connectivity index (χ0n) is 17.6. The van der Waals surface area contributed by atoms with Gasteiger partial charge in [-0.15, -0.1) is 0 Å². The molecular formula is C23H29NO6. The van der Waals surface area contributed by atoms with Crippen molar-refractivity contribution in [2.75, 3.05) is 25.1 Å². The summed E-state index contributed by atoms with van der Waals surface area (Å²) in [5.74, 6) is 0.494. The van der Waals surface area contributed by atoms with Crippen molar-refractivity contribution in [1.29, 1.82) is 0 Å². The first-order valence-corrected chi connectivity index (χ1v) is 9.80. The maximum Gasteiger partial charge on any atom is 0.412 e. The highest BCUT2D eigenvalue weighted by Crippen LogP contribution is 2.40. The van der Waals surface area contributed by atoms with Gasteiger partial charge in [0, 0.05) is 23.3 Å². The second-order valence-electron chi connectivity index (χ2n) is 7.65. The molecule has 0 fully saturated rings. The first-order valence-electron chi connectivity index (χ1n) is 9.80. The molecule has 0 saturated heterocycles. The lowest BCUT2D eigenvalue weighted by molar-refractivity contribution is 0.0150. The van der Waals surface area contributed by atoms with E-state index in [-0.39, 0.29) is 25.6 Å². The first-order chi connectivity index (χ1) is 14.3. The van der Waals surface area contributed by atoms with E-state index < -0.39 is 17.6 Å². The van der Waals surface area contributed by atoms with Gasteiger partial charge in [0.2, 0.25) is 0 Å². The Labute approximate surface area is 176 Å². The fourth-order valence-electron chi connectivity index (χ4n) is 3.07. The molecule has 7 heteroatoms. The molecule has 0 heterocycles. The summed E-state index contributed by atoms with van der Waals surface area (Å²) < 4.78 is 11.2. The minimum Gasteiger partial charge on any atom is -0.491 e. The van der Waals surface area contributed by atoms with E-state index in [0.717, 1.165) is 0 Å². The van der Waals surface area contributed by atoms with Crippen molar-refractivity contribution >= 4 is 17.6 Å². The summed E-state index contributed by atoms with van der Waals surface area (Å²) in [6, 6.07) is 13.7. The standard InChI is InChI=1S/C23H29NO6/c1-16(27)17-7-9-19(10-8-17)24-22(28)30-21(23(2,3)11-12-25)18-5-4-6-20(15-18)29-14-13-26/h4-10,15,21,25-26H,11-14H2,1-3H3,(H,24,28)/t21-/m0/s1. The molecule has 0 bridgehead atoms. The Balaban J connectivity index is 2.21. The number of amides is 1. The molecule has 30 heavy (non-hydrogen) atoms. The molecular weight excluding hydrogens is 386 g/mol. The topological polar surface area (TPSA) is 105 Å². The number of ketones is 1. The number of Topliss-reactive ketones (excluding diaryl/α,β-unsaturated/α-hetero) is 1. The Morgan fingerprint density at radius 1 is 1.07 bits per heavy atom. The largest absolute Gasteiger partial charge is 0.491 e. The molecule has 0 spiro atoms. The Kier molecular flexibility index (Phi) is 8.38. The molecule has 0 aliphatic carbocycles. The van der Waals surface area contributed by atoms with Gasteiger partial charge in [-0.05, 0) is 55.3 Å². The van der Waals surface area contributed by atoms with Gasteiger partial charge in [-0.25, -0.2) is 4.79 Å². The summed E-state index contributed by atoms with van der Waals surface area (Å²) in [4.78, 5) is 24.0. The summed E-state index contributed by atoms with van der Waals surface area (Å²) in [5, 5.41) is 21.1. The Hall–Kier alpha value is -2.90. The molecule has 0 radical (unpaired) electrons. The monoisotopic (exact) mass is 415 g/mol. The SMILES string of the molecule is CC(=O)c1ccc(NC(=O)O[C@@H](c2cccc(OCCO)c2)C(C)(C)CCO)cc1. The molecule has 0 aliphatic rings. The molecule has 3 N–H and O–H groups in total. The van der Waals surface area contributed by atoms with Crippen molar-refractivity contribution in [1.82, 2.24) is 0 Å². The number of hydrogen-bond donors (Lipinski definition) is 3. The highest BCUT2D eigenvalue weighted by Gasteiger charge is 2.34. The lowest BCUT2D eigenvalue weighted by atomic mass is 9.80. The maximum atomic E-state index is 12.6. The highest BCUT2D eigenvalue weighted by atomic mass is 16.6. The zero-order chi connectivity index (χ0) is 22.1. The number of carbonyl (C=O) groups is 2. The summed E-state index contributed by atoms with van der Waals surface area (Å²) in [6.07, 6.45) is -0.887. The second kappa shape index (κ2) is 10.8. The van der Waals surface area contributed by atoms with Crippen LogP contribution in [-0.2, 0) is 4.74 Å². The van der Waals surface area contributed by atoms with Crippen molar-refractivity contribution in [3.05, 3.63) is 59.7 Å². The predicted molar refractivity (Wildman–Crippen MR) is 114 cm³/mol. The summed E-state index contributed by atoms with van der Waals surface area (Å²) in [7, 11) is 0. The van der Waals surface area contributed by atoms with E-state index in [0.29, 0.717) is 29.0 Å². The molecule has 7 nitrogen and oxygen atoms in total. The lowest BCUT2D eigenvalue weighted by Gasteiger charge is -2.34. The molecule has 2 rings (SSSR count). The van der Waals surface area contributed by atoms with Crippen LogP contribution in [0.25, 0.3) is 0 Å². The van der Waals surface area contributed by atoms with Crippen LogP contribution in [0.2, 0.25) is 0 Å². The first kappa shape index (κ1) is 23.4. The average Bonchev–Trinajstić information content (AvgIpc) is 2.71. The molecule has 0 unspecified atom stereocenters. The summed E-state index contributed by atoms with van der Waals surface area (Å²) in [6.45, 7) is 5.29. The van der Waals surface area contributed by atoms with Gasteiger partial charge in [0.25, 0.3) is 0 Å². The second-order valence-corrected chi connectivity index (χ2v) is 7.65. The molecule has 2 aromatic rings. The van der Waals surface area contributed by atoms with Crippen LogP contribution in [0.5, 0.6) is 5.75 Å². The summed E-state index contributed by atoms with van der Waals surface area (Å²) in [5.41, 5.74) is 1.21. The van der Waals surface area contributed by atoms with Crippen molar-refractivity contribution in [2.24, 2.45) is 5.41 Å². The van der Waals surface area contributed by atoms with Gasteiger partial charge in [0.05, 0.1) is 6.61 Å². The fraction of sp³-hybridized carbons (Fsp3) is 0.391. The van der Waals surface area contributed by atoms with Crippen LogP contribution in [0.1, 0.15) is 49.2 Å². The number of ether oxygens (including phenoxy) is 2. The lowest BCUT2D eigenvalue weighted by Crippen LogP contribution is -2.29. The molecule has 0 aliphatic heterocycles. The number of nitrogens with one attached hydrogen (secondary N) is 1. The third-order valence-electron chi connectivity index (χ3n) is 4.75. The van der Waals surface area contributed by atoms with Gasteiger partial charge < -0.3 is 19.7 Å². The Morgan fingerprint density at radius 2 is 1.77 bits per heavy atom. The van der Waals surface area contributed by atoms with Crippen LogP contribution in [0.4, 0.5) is 10.5 Å². The van der Waals surface area contributed by atoms with Gasteiger partial charge in [0.15, 0.2) is 5.78 Å². The van der Waals surface area contributed by atoms with E-state index >= 15 is 0 Å². The third-order valence-corrected chi connectivity index (χ3v) is 4.75. The molecule has 1 atom stereocenters. The Bertz CT molecular complexity index is 847. The molecule has 0 aromatic heterocycles. The number of hydrogen-bond acceptors (Lipinski definition) is 6. The van der Waals surface area contributed by atoms with E-state index in [1.54, 1.807) is 42.5 Å². The molecule has 2 aromatic carbocycles. The minimum atomic E-state index is -0.654. The number of aliphatic hydroxyl groups excluding tert-OH is 2. The zero-order valence-corrected chi connectivity index (χ0v) is 17.6. The van der Waals surface area contributed by atoms with Crippen LogP contribution in [0.15, 0.2) is 48.5 Å². The normalized spacial score (nSPS) is 12.2. The smallest absolute Gasteiger partial charge is 0.412 e. The van der Waals surface area contributed by atoms with E-state index in [1.807, 2.05) is 19.9 Å². The number of rotatable bonds is 10. The quantitative estimate of drug-likeness (QED) is 0.507. The van der Waals surface area contributed by atoms with Gasteiger partial charge in [-0.2, -0.15) is 0 Å². The van der Waals surface area contributed by atoms with Gasteiger partial charge in [0.1, 0.15) is 18.5 Å². The van der Waals surface area contributed by atoms with Crippen LogP contribution in [-0.4, -0.2) is 41.9 Å². The number of benzene rings is 2. The van der Waals surface area contributed by atoms with Gasteiger partial charge >= 0.3 is 6.09 Å². The van der Waals surface area contributed by atoms with Crippen molar-refractivity contribution in [2.45, 2.75) is 33.3 Å². The van der Waals surface area contributed by atoms with Gasteiger partial charge in [-0.1, -0.05) is 26.0 Å². The van der Waals surface area contributed by atoms with Crippen molar-refractivity contribution in [3.63, 3.8) is 0 Å². The Morgan fingerprint density at radius 3 is 2.37 bits per heavy atom. The van der Waals surface area contributed by atoms with E-state index in [9.17, 15) is 14.7 Å². The van der Waals surface area contributed by atoms with E-state index in [4.69, 9.17) is 14.6 Å².